The Bertz CT molecular complexity index is 571. The van der Waals surface area contributed by atoms with Gasteiger partial charge in [-0.15, -0.1) is 0 Å². The van der Waals surface area contributed by atoms with Crippen LogP contribution in [0, 0.1) is 11.8 Å². The second-order valence-electron chi connectivity index (χ2n) is 10.2. The predicted octanol–water partition coefficient (Wildman–Crippen LogP) is 1.96. The standard InChI is InChI=1S/C24H44N4O3/c1-19(2)15-27(16-20-8-5-4-6-9-20)21-14-22(28(17-21)23(29)18-31-3)24(30)26-12-7-10-25-11-13-26/h19-22,25H,4-18H2,1-3H3. The molecule has 2 unspecified atom stereocenters. The van der Waals surface area contributed by atoms with Crippen LogP contribution in [0.1, 0.15) is 58.8 Å². The molecule has 7 nitrogen and oxygen atoms in total. The third kappa shape index (κ3) is 6.90. The van der Waals surface area contributed by atoms with E-state index in [1.54, 1.807) is 7.11 Å². The molecular formula is C24H44N4O3. The minimum atomic E-state index is -0.355. The maximum Gasteiger partial charge on any atom is 0.249 e. The van der Waals surface area contributed by atoms with Crippen molar-refractivity contribution in [3.8, 4) is 0 Å². The number of carbonyl (C=O) groups is 2. The number of nitrogens with zero attached hydrogens (tertiary/aromatic N) is 3. The fraction of sp³-hybridized carbons (Fsp3) is 0.917. The Labute approximate surface area is 188 Å². The number of ether oxygens (including phenoxy) is 1. The van der Waals surface area contributed by atoms with E-state index >= 15 is 0 Å². The molecule has 7 heteroatoms. The normalized spacial score (nSPS) is 26.0. The Hall–Kier alpha value is -1.18. The Morgan fingerprint density at radius 3 is 2.58 bits per heavy atom. The van der Waals surface area contributed by atoms with Crippen molar-refractivity contribution in [2.24, 2.45) is 11.8 Å². The summed E-state index contributed by atoms with van der Waals surface area (Å²) in [6.07, 6.45) is 8.39. The minimum Gasteiger partial charge on any atom is -0.375 e. The van der Waals surface area contributed by atoms with Gasteiger partial charge >= 0.3 is 0 Å². The molecule has 2 heterocycles. The van der Waals surface area contributed by atoms with Crippen LogP contribution < -0.4 is 5.32 Å². The summed E-state index contributed by atoms with van der Waals surface area (Å²) in [5, 5.41) is 3.37. The molecule has 0 aromatic rings. The van der Waals surface area contributed by atoms with Crippen molar-refractivity contribution in [2.45, 2.75) is 70.9 Å². The van der Waals surface area contributed by atoms with Crippen molar-refractivity contribution in [3.63, 3.8) is 0 Å². The molecule has 1 aliphatic carbocycles. The molecule has 3 rings (SSSR count). The SMILES string of the molecule is COCC(=O)N1CC(N(CC(C)C)CC2CCCCC2)CC1C(=O)N1CCCNCC1. The van der Waals surface area contributed by atoms with Gasteiger partial charge in [0.05, 0.1) is 0 Å². The first kappa shape index (κ1) is 24.5. The van der Waals surface area contributed by atoms with E-state index in [0.29, 0.717) is 12.5 Å². The molecule has 2 saturated heterocycles. The molecule has 31 heavy (non-hydrogen) atoms. The zero-order valence-electron chi connectivity index (χ0n) is 20.0. The highest BCUT2D eigenvalue weighted by Gasteiger charge is 2.43. The molecule has 2 aliphatic heterocycles. The number of rotatable bonds is 8. The number of carbonyl (C=O) groups excluding carboxylic acids is 2. The van der Waals surface area contributed by atoms with E-state index in [9.17, 15) is 9.59 Å². The Morgan fingerprint density at radius 2 is 1.87 bits per heavy atom. The smallest absolute Gasteiger partial charge is 0.249 e. The van der Waals surface area contributed by atoms with Crippen molar-refractivity contribution < 1.29 is 14.3 Å². The second-order valence-corrected chi connectivity index (χ2v) is 10.2. The molecule has 0 bridgehead atoms. The predicted molar refractivity (Wildman–Crippen MR) is 123 cm³/mol. The molecule has 2 amide bonds. The van der Waals surface area contributed by atoms with Gasteiger partial charge in [0.2, 0.25) is 11.8 Å². The van der Waals surface area contributed by atoms with Gasteiger partial charge in [0.1, 0.15) is 12.6 Å². The molecule has 0 aromatic heterocycles. The molecule has 1 saturated carbocycles. The van der Waals surface area contributed by atoms with Gasteiger partial charge in [-0.1, -0.05) is 33.1 Å². The van der Waals surface area contributed by atoms with E-state index in [-0.39, 0.29) is 30.5 Å². The van der Waals surface area contributed by atoms with Crippen LogP contribution in [0.5, 0.6) is 0 Å². The summed E-state index contributed by atoms with van der Waals surface area (Å²) in [6.45, 7) is 10.6. The van der Waals surface area contributed by atoms with E-state index < -0.39 is 0 Å². The largest absolute Gasteiger partial charge is 0.375 e. The van der Waals surface area contributed by atoms with E-state index in [4.69, 9.17) is 4.74 Å². The lowest BCUT2D eigenvalue weighted by atomic mass is 9.88. The molecule has 178 valence electrons. The number of likely N-dealkylation sites (tertiary alicyclic amines) is 1. The highest BCUT2D eigenvalue weighted by atomic mass is 16.5. The quantitative estimate of drug-likeness (QED) is 0.630. The number of methoxy groups -OCH3 is 1. The van der Waals surface area contributed by atoms with E-state index in [0.717, 1.165) is 58.0 Å². The van der Waals surface area contributed by atoms with Crippen LogP contribution >= 0.6 is 0 Å². The average molecular weight is 437 g/mol. The summed E-state index contributed by atoms with van der Waals surface area (Å²) in [5.41, 5.74) is 0. The van der Waals surface area contributed by atoms with E-state index in [1.165, 1.54) is 32.1 Å². The molecule has 3 fully saturated rings. The van der Waals surface area contributed by atoms with Gasteiger partial charge in [0.15, 0.2) is 0 Å². The third-order valence-corrected chi connectivity index (χ3v) is 7.14. The molecule has 3 aliphatic rings. The van der Waals surface area contributed by atoms with Gasteiger partial charge in [-0.05, 0) is 44.1 Å². The molecular weight excluding hydrogens is 392 g/mol. The lowest BCUT2D eigenvalue weighted by Crippen LogP contribution is -2.49. The van der Waals surface area contributed by atoms with Gasteiger partial charge in [-0.2, -0.15) is 0 Å². The summed E-state index contributed by atoms with van der Waals surface area (Å²) in [5.74, 6) is 1.39. The highest BCUT2D eigenvalue weighted by molar-refractivity contribution is 5.89. The van der Waals surface area contributed by atoms with Gasteiger partial charge < -0.3 is 19.9 Å². The van der Waals surface area contributed by atoms with Crippen LogP contribution in [0.2, 0.25) is 0 Å². The highest BCUT2D eigenvalue weighted by Crippen LogP contribution is 2.29. The summed E-state index contributed by atoms with van der Waals surface area (Å²) in [4.78, 5) is 32.8. The topological polar surface area (TPSA) is 65.1 Å². The lowest BCUT2D eigenvalue weighted by Gasteiger charge is -2.35. The molecule has 0 aromatic carbocycles. The van der Waals surface area contributed by atoms with Crippen LogP contribution in [-0.2, 0) is 14.3 Å². The first-order valence-electron chi connectivity index (χ1n) is 12.5. The summed E-state index contributed by atoms with van der Waals surface area (Å²) in [7, 11) is 1.55. The minimum absolute atomic E-state index is 0.0465. The van der Waals surface area contributed by atoms with Crippen molar-refractivity contribution in [3.05, 3.63) is 0 Å². The Kier molecular flexibility index (Phi) is 9.60. The number of hydrogen-bond acceptors (Lipinski definition) is 5. The van der Waals surface area contributed by atoms with Crippen LogP contribution in [0.4, 0.5) is 0 Å². The average Bonchev–Trinajstić information content (AvgIpc) is 3.02. The van der Waals surface area contributed by atoms with Gasteiger partial charge in [-0.3, -0.25) is 14.5 Å². The Morgan fingerprint density at radius 1 is 1.10 bits per heavy atom. The second kappa shape index (κ2) is 12.2. The maximum atomic E-state index is 13.5. The molecule has 0 radical (unpaired) electrons. The maximum absolute atomic E-state index is 13.5. The first-order valence-corrected chi connectivity index (χ1v) is 12.5. The summed E-state index contributed by atoms with van der Waals surface area (Å²) in [6, 6.07) is -0.101. The van der Waals surface area contributed by atoms with Gasteiger partial charge in [0, 0.05) is 52.4 Å². The van der Waals surface area contributed by atoms with Crippen LogP contribution in [0.15, 0.2) is 0 Å². The van der Waals surface area contributed by atoms with Crippen molar-refractivity contribution in [1.82, 2.24) is 20.0 Å². The fourth-order valence-electron chi connectivity index (χ4n) is 5.61. The molecule has 0 spiro atoms. The zero-order valence-corrected chi connectivity index (χ0v) is 20.0. The Balaban J connectivity index is 1.74. The van der Waals surface area contributed by atoms with Crippen LogP contribution in [-0.4, -0.2) is 98.1 Å². The van der Waals surface area contributed by atoms with Crippen molar-refractivity contribution in [2.75, 3.05) is 59.5 Å². The fourth-order valence-corrected chi connectivity index (χ4v) is 5.61. The van der Waals surface area contributed by atoms with Crippen molar-refractivity contribution >= 4 is 11.8 Å². The monoisotopic (exact) mass is 436 g/mol. The third-order valence-electron chi connectivity index (χ3n) is 7.14. The van der Waals surface area contributed by atoms with Crippen LogP contribution in [0.25, 0.3) is 0 Å². The summed E-state index contributed by atoms with van der Waals surface area (Å²) >= 11 is 0. The van der Waals surface area contributed by atoms with E-state index in [2.05, 4.69) is 24.1 Å². The van der Waals surface area contributed by atoms with Gasteiger partial charge in [-0.25, -0.2) is 0 Å². The number of hydrogen-bond donors (Lipinski definition) is 1. The molecule has 2 atom stereocenters. The summed E-state index contributed by atoms with van der Waals surface area (Å²) < 4.78 is 5.15. The van der Waals surface area contributed by atoms with E-state index in [1.807, 2.05) is 9.80 Å². The van der Waals surface area contributed by atoms with Gasteiger partial charge in [0.25, 0.3) is 0 Å². The van der Waals surface area contributed by atoms with Crippen molar-refractivity contribution in [1.29, 1.82) is 0 Å². The number of nitrogens with one attached hydrogen (secondary N) is 1. The first-order chi connectivity index (χ1) is 15.0. The lowest BCUT2D eigenvalue weighted by molar-refractivity contribution is -0.145. The number of amides is 2. The molecule has 1 N–H and O–H groups in total. The van der Waals surface area contributed by atoms with Crippen LogP contribution in [0.3, 0.4) is 0 Å². The zero-order chi connectivity index (χ0) is 22.2.